The van der Waals surface area contributed by atoms with Crippen molar-refractivity contribution in [1.82, 2.24) is 19.7 Å². The molecule has 0 radical (unpaired) electrons. The number of aromatic carboxylic acids is 1. The molecule has 2 aromatic heterocycles. The van der Waals surface area contributed by atoms with Crippen LogP contribution in [0.3, 0.4) is 0 Å². The fourth-order valence-electron chi connectivity index (χ4n) is 2.13. The first kappa shape index (κ1) is 12.7. The zero-order valence-electron chi connectivity index (χ0n) is 10.3. The number of nitrogens with one attached hydrogen (secondary N) is 2. The Morgan fingerprint density at radius 1 is 1.35 bits per heavy atom. The molecule has 7 nitrogen and oxygen atoms in total. The van der Waals surface area contributed by atoms with Crippen LogP contribution in [0.25, 0.3) is 22.3 Å². The van der Waals surface area contributed by atoms with Crippen LogP contribution < -0.4 is 5.69 Å². The lowest BCUT2D eigenvalue weighted by molar-refractivity contribution is 0.0688. The van der Waals surface area contributed by atoms with E-state index >= 15 is 0 Å². The predicted octanol–water partition coefficient (Wildman–Crippen LogP) is 1.72. The summed E-state index contributed by atoms with van der Waals surface area (Å²) in [6, 6.07) is 5.31. The average Bonchev–Trinajstić information content (AvgIpc) is 2.88. The number of carboxylic acid groups (broad SMARTS) is 1. The summed E-state index contributed by atoms with van der Waals surface area (Å²) in [4.78, 5) is 27.6. The first-order valence-electron chi connectivity index (χ1n) is 5.65. The molecular weight excluding hydrogens is 328 g/mol. The minimum atomic E-state index is -1.10. The second-order valence-corrected chi connectivity index (χ2v) is 5.07. The highest BCUT2D eigenvalue weighted by molar-refractivity contribution is 9.10. The van der Waals surface area contributed by atoms with Crippen LogP contribution >= 0.6 is 15.9 Å². The van der Waals surface area contributed by atoms with E-state index in [-0.39, 0.29) is 11.4 Å². The van der Waals surface area contributed by atoms with E-state index in [4.69, 9.17) is 5.11 Å². The Morgan fingerprint density at radius 3 is 2.70 bits per heavy atom. The number of halogens is 1. The molecule has 0 unspecified atom stereocenters. The van der Waals surface area contributed by atoms with E-state index in [0.717, 1.165) is 5.56 Å². The van der Waals surface area contributed by atoms with Crippen molar-refractivity contribution in [1.29, 1.82) is 0 Å². The van der Waals surface area contributed by atoms with Crippen LogP contribution in [-0.2, 0) is 7.05 Å². The molecule has 1 aromatic carbocycles. The van der Waals surface area contributed by atoms with E-state index < -0.39 is 5.97 Å². The molecule has 0 aliphatic carbocycles. The summed E-state index contributed by atoms with van der Waals surface area (Å²) in [5, 5.41) is 13.0. The number of hydrogen-bond donors (Lipinski definition) is 3. The molecule has 0 atom stereocenters. The van der Waals surface area contributed by atoms with Crippen molar-refractivity contribution >= 4 is 32.9 Å². The van der Waals surface area contributed by atoms with Gasteiger partial charge >= 0.3 is 11.7 Å². The number of carboxylic acids is 1. The van der Waals surface area contributed by atoms with Gasteiger partial charge in [-0.25, -0.2) is 9.59 Å². The lowest BCUT2D eigenvalue weighted by atomic mass is 10.1. The molecule has 3 rings (SSSR count). The number of H-pyrrole nitrogens is 2. The third-order valence-corrected chi connectivity index (χ3v) is 3.73. The molecule has 2 heterocycles. The third-order valence-electron chi connectivity index (χ3n) is 2.98. The van der Waals surface area contributed by atoms with E-state index in [1.807, 2.05) is 0 Å². The SMILES string of the molecule is Cn1nc(C(=O)O)c(Br)c1-c1ccc2[nH]c(=O)[nH]c2c1. The minimum absolute atomic E-state index is 0.0508. The maximum absolute atomic E-state index is 11.2. The Kier molecular flexibility index (Phi) is 2.75. The van der Waals surface area contributed by atoms with Gasteiger partial charge in [0.1, 0.15) is 0 Å². The summed E-state index contributed by atoms with van der Waals surface area (Å²) in [5.74, 6) is -1.10. The van der Waals surface area contributed by atoms with Crippen molar-refractivity contribution in [2.45, 2.75) is 0 Å². The van der Waals surface area contributed by atoms with Crippen LogP contribution in [0.5, 0.6) is 0 Å². The molecule has 0 aliphatic rings. The Hall–Kier alpha value is -2.35. The Balaban J connectivity index is 2.24. The number of aromatic nitrogens is 4. The molecule has 20 heavy (non-hydrogen) atoms. The van der Waals surface area contributed by atoms with E-state index in [2.05, 4.69) is 31.0 Å². The van der Waals surface area contributed by atoms with Gasteiger partial charge in [0.15, 0.2) is 5.69 Å². The zero-order valence-corrected chi connectivity index (χ0v) is 11.9. The summed E-state index contributed by atoms with van der Waals surface area (Å²) < 4.78 is 1.89. The first-order chi connectivity index (χ1) is 9.47. The maximum atomic E-state index is 11.2. The summed E-state index contributed by atoms with van der Waals surface area (Å²) in [6.45, 7) is 0. The van der Waals surface area contributed by atoms with Crippen molar-refractivity contribution < 1.29 is 9.90 Å². The largest absolute Gasteiger partial charge is 0.476 e. The van der Waals surface area contributed by atoms with E-state index in [1.54, 1.807) is 25.2 Å². The van der Waals surface area contributed by atoms with Crippen molar-refractivity contribution in [2.24, 2.45) is 7.05 Å². The molecule has 0 saturated carbocycles. The van der Waals surface area contributed by atoms with Crippen molar-refractivity contribution in [2.75, 3.05) is 0 Å². The van der Waals surface area contributed by atoms with E-state index in [1.165, 1.54) is 4.68 Å². The third kappa shape index (κ3) is 1.85. The van der Waals surface area contributed by atoms with Crippen molar-refractivity contribution in [3.05, 3.63) is 38.9 Å². The molecule has 0 amide bonds. The van der Waals surface area contributed by atoms with Gasteiger partial charge < -0.3 is 15.1 Å². The average molecular weight is 337 g/mol. The van der Waals surface area contributed by atoms with Crippen LogP contribution in [0.2, 0.25) is 0 Å². The van der Waals surface area contributed by atoms with Gasteiger partial charge in [-0.3, -0.25) is 4.68 Å². The Labute approximate surface area is 120 Å². The Bertz CT molecular complexity index is 890. The maximum Gasteiger partial charge on any atom is 0.357 e. The molecule has 102 valence electrons. The second-order valence-electron chi connectivity index (χ2n) is 4.28. The van der Waals surface area contributed by atoms with Gasteiger partial charge in [-0.05, 0) is 28.1 Å². The zero-order chi connectivity index (χ0) is 14.4. The number of hydrogen-bond acceptors (Lipinski definition) is 3. The highest BCUT2D eigenvalue weighted by Crippen LogP contribution is 2.31. The van der Waals surface area contributed by atoms with Crippen LogP contribution in [-0.4, -0.2) is 30.8 Å². The van der Waals surface area contributed by atoms with Crippen LogP contribution in [0.4, 0.5) is 0 Å². The molecule has 3 N–H and O–H groups in total. The smallest absolute Gasteiger partial charge is 0.357 e. The van der Waals surface area contributed by atoms with Crippen LogP contribution in [0.15, 0.2) is 27.5 Å². The van der Waals surface area contributed by atoms with Gasteiger partial charge in [-0.1, -0.05) is 6.07 Å². The van der Waals surface area contributed by atoms with Crippen LogP contribution in [0, 0.1) is 0 Å². The number of benzene rings is 1. The number of nitrogens with zero attached hydrogens (tertiary/aromatic N) is 2. The van der Waals surface area contributed by atoms with Crippen molar-refractivity contribution in [3.63, 3.8) is 0 Å². The van der Waals surface area contributed by atoms with E-state index in [0.29, 0.717) is 21.2 Å². The molecule has 3 aromatic rings. The van der Waals surface area contributed by atoms with Gasteiger partial charge in [0, 0.05) is 12.6 Å². The fourth-order valence-corrected chi connectivity index (χ4v) is 2.86. The quantitative estimate of drug-likeness (QED) is 0.662. The lowest BCUT2D eigenvalue weighted by Crippen LogP contribution is -1.99. The molecule has 8 heteroatoms. The minimum Gasteiger partial charge on any atom is -0.476 e. The number of imidazole rings is 1. The van der Waals surface area contributed by atoms with Gasteiger partial charge in [-0.15, -0.1) is 0 Å². The van der Waals surface area contributed by atoms with Gasteiger partial charge in [0.25, 0.3) is 0 Å². The molecule has 0 saturated heterocycles. The monoisotopic (exact) mass is 336 g/mol. The van der Waals surface area contributed by atoms with Gasteiger partial charge in [-0.2, -0.15) is 5.10 Å². The van der Waals surface area contributed by atoms with Crippen molar-refractivity contribution in [3.8, 4) is 11.3 Å². The van der Waals surface area contributed by atoms with E-state index in [9.17, 15) is 9.59 Å². The predicted molar refractivity (Wildman–Crippen MR) is 75.8 cm³/mol. The number of rotatable bonds is 2. The highest BCUT2D eigenvalue weighted by atomic mass is 79.9. The number of aryl methyl sites for hydroxylation is 1. The van der Waals surface area contributed by atoms with Crippen LogP contribution in [0.1, 0.15) is 10.5 Å². The second kappa shape index (κ2) is 4.34. The standard InChI is InChI=1S/C12H9BrN4O3/c1-17-10(8(13)9(16-17)11(18)19)5-2-3-6-7(4-5)15-12(20)14-6/h2-4H,1H3,(H,18,19)(H2,14,15,20). The number of fused-ring (bicyclic) bond motifs is 1. The number of aromatic amines is 2. The van der Waals surface area contributed by atoms with Gasteiger partial charge in [0.2, 0.25) is 0 Å². The summed E-state index contributed by atoms with van der Waals surface area (Å²) in [5.41, 5.74) is 2.39. The van der Waals surface area contributed by atoms with Gasteiger partial charge in [0.05, 0.1) is 21.2 Å². The number of carbonyl (C=O) groups is 1. The lowest BCUT2D eigenvalue weighted by Gasteiger charge is -2.03. The topological polar surface area (TPSA) is 104 Å². The first-order valence-corrected chi connectivity index (χ1v) is 6.45. The molecular formula is C12H9BrN4O3. The molecule has 0 spiro atoms. The summed E-state index contributed by atoms with van der Waals surface area (Å²) in [7, 11) is 1.66. The molecule has 0 bridgehead atoms. The fraction of sp³-hybridized carbons (Fsp3) is 0.0833. The molecule has 0 aliphatic heterocycles. The Morgan fingerprint density at radius 2 is 2.05 bits per heavy atom. The molecule has 0 fully saturated rings. The summed E-state index contributed by atoms with van der Waals surface area (Å²) in [6.07, 6.45) is 0. The summed E-state index contributed by atoms with van der Waals surface area (Å²) >= 11 is 3.26. The normalized spacial score (nSPS) is 11.1. The highest BCUT2D eigenvalue weighted by Gasteiger charge is 2.20.